The van der Waals surface area contributed by atoms with E-state index in [4.69, 9.17) is 9.72 Å². The van der Waals surface area contributed by atoms with Crippen LogP contribution in [0.4, 0.5) is 5.13 Å². The third-order valence-electron chi connectivity index (χ3n) is 5.21. The second-order valence-electron chi connectivity index (χ2n) is 7.27. The molecule has 0 saturated carbocycles. The number of ether oxygens (including phenoxy) is 1. The van der Waals surface area contributed by atoms with Crippen LogP contribution in [-0.4, -0.2) is 29.0 Å². The summed E-state index contributed by atoms with van der Waals surface area (Å²) in [5.74, 6) is 2.20. The van der Waals surface area contributed by atoms with Crippen molar-refractivity contribution in [2.24, 2.45) is 4.99 Å². The van der Waals surface area contributed by atoms with Crippen molar-refractivity contribution in [2.75, 3.05) is 18.4 Å². The molecule has 29 heavy (non-hydrogen) atoms. The Labute approximate surface area is 174 Å². The molecule has 7 heteroatoms. The summed E-state index contributed by atoms with van der Waals surface area (Å²) < 4.78 is 6.19. The molecule has 0 atom stereocenters. The number of aliphatic imine (C=N–C) groups is 1. The van der Waals surface area contributed by atoms with E-state index in [0.29, 0.717) is 5.88 Å². The minimum atomic E-state index is 0.577. The van der Waals surface area contributed by atoms with Crippen molar-refractivity contribution in [3.8, 4) is 22.9 Å². The Hall–Kier alpha value is -2.93. The average Bonchev–Trinajstić information content (AvgIpc) is 3.23. The lowest BCUT2D eigenvalue weighted by Gasteiger charge is -2.17. The van der Waals surface area contributed by atoms with Crippen molar-refractivity contribution >= 4 is 22.4 Å². The Morgan fingerprint density at radius 2 is 2.00 bits per heavy atom. The van der Waals surface area contributed by atoms with E-state index in [0.717, 1.165) is 54.0 Å². The van der Waals surface area contributed by atoms with Crippen molar-refractivity contribution in [2.45, 2.75) is 32.1 Å². The van der Waals surface area contributed by atoms with Crippen LogP contribution in [0.25, 0.3) is 11.3 Å². The minimum absolute atomic E-state index is 0.577. The highest BCUT2D eigenvalue weighted by Crippen LogP contribution is 2.34. The van der Waals surface area contributed by atoms with Crippen molar-refractivity contribution in [3.63, 3.8) is 0 Å². The second-order valence-corrected chi connectivity index (χ2v) is 8.13. The second kappa shape index (κ2) is 8.21. The predicted molar refractivity (Wildman–Crippen MR) is 117 cm³/mol. The summed E-state index contributed by atoms with van der Waals surface area (Å²) in [6.07, 6.45) is 7.64. The van der Waals surface area contributed by atoms with E-state index in [1.165, 1.54) is 30.4 Å². The first-order valence-electron chi connectivity index (χ1n) is 10.1. The highest BCUT2D eigenvalue weighted by molar-refractivity contribution is 7.14. The van der Waals surface area contributed by atoms with Crippen LogP contribution in [0.5, 0.6) is 11.6 Å². The molecule has 1 aliphatic heterocycles. The normalized spacial score (nSPS) is 15.8. The molecule has 1 aliphatic carbocycles. The van der Waals surface area contributed by atoms with Crippen LogP contribution >= 0.6 is 11.3 Å². The molecule has 0 amide bonds. The summed E-state index contributed by atoms with van der Waals surface area (Å²) >= 11 is 1.55. The van der Waals surface area contributed by atoms with Gasteiger partial charge in [-0.2, -0.15) is 0 Å². The van der Waals surface area contributed by atoms with E-state index in [2.05, 4.69) is 32.7 Å². The number of fused-ring (bicyclic) bond motifs is 1. The first-order valence-corrected chi connectivity index (χ1v) is 11.0. The molecule has 0 spiro atoms. The zero-order valence-corrected chi connectivity index (χ0v) is 17.0. The maximum absolute atomic E-state index is 6.19. The van der Waals surface area contributed by atoms with Crippen molar-refractivity contribution < 1.29 is 4.74 Å². The highest BCUT2D eigenvalue weighted by Gasteiger charge is 2.15. The summed E-state index contributed by atoms with van der Waals surface area (Å²) in [6, 6.07) is 10.3. The molecule has 0 unspecified atom stereocenters. The Morgan fingerprint density at radius 1 is 1.07 bits per heavy atom. The van der Waals surface area contributed by atoms with Crippen LogP contribution in [-0.2, 0) is 12.8 Å². The summed E-state index contributed by atoms with van der Waals surface area (Å²) in [5, 5.41) is 9.33. The largest absolute Gasteiger partial charge is 0.438 e. The van der Waals surface area contributed by atoms with Crippen LogP contribution in [0.2, 0.25) is 0 Å². The monoisotopic (exact) mass is 405 g/mol. The van der Waals surface area contributed by atoms with E-state index < -0.39 is 0 Å². The van der Waals surface area contributed by atoms with Gasteiger partial charge in [0.05, 0.1) is 11.3 Å². The number of nitrogens with one attached hydrogen (secondary N) is 2. The number of aromatic nitrogens is 2. The number of thiazole rings is 1. The van der Waals surface area contributed by atoms with Crippen LogP contribution in [0.15, 0.2) is 46.9 Å². The zero-order valence-electron chi connectivity index (χ0n) is 16.1. The van der Waals surface area contributed by atoms with Gasteiger partial charge in [-0.25, -0.2) is 9.97 Å². The van der Waals surface area contributed by atoms with Crippen LogP contribution in [0.1, 0.15) is 30.4 Å². The van der Waals surface area contributed by atoms with Crippen molar-refractivity contribution in [1.82, 2.24) is 15.3 Å². The van der Waals surface area contributed by atoms with Gasteiger partial charge in [-0.3, -0.25) is 4.99 Å². The molecule has 6 nitrogen and oxygen atoms in total. The number of guanidine groups is 1. The Morgan fingerprint density at radius 3 is 2.90 bits per heavy atom. The van der Waals surface area contributed by atoms with Gasteiger partial charge in [-0.1, -0.05) is 6.07 Å². The van der Waals surface area contributed by atoms with E-state index in [1.807, 2.05) is 23.6 Å². The van der Waals surface area contributed by atoms with Crippen molar-refractivity contribution in [3.05, 3.63) is 53.0 Å². The summed E-state index contributed by atoms with van der Waals surface area (Å²) in [5.41, 5.74) is 4.56. The van der Waals surface area contributed by atoms with Gasteiger partial charge < -0.3 is 15.4 Å². The van der Waals surface area contributed by atoms with E-state index >= 15 is 0 Å². The molecule has 0 radical (unpaired) electrons. The molecule has 2 aromatic heterocycles. The Balaban J connectivity index is 1.38. The lowest BCUT2D eigenvalue weighted by atomic mass is 9.92. The number of anilines is 1. The van der Waals surface area contributed by atoms with E-state index in [9.17, 15) is 0 Å². The molecule has 3 aromatic rings. The fraction of sp³-hybridized carbons (Fsp3) is 0.318. The predicted octanol–water partition coefficient (Wildman–Crippen LogP) is 4.64. The van der Waals surface area contributed by atoms with Gasteiger partial charge in [0.15, 0.2) is 11.1 Å². The van der Waals surface area contributed by atoms with Gasteiger partial charge in [-0.15, -0.1) is 11.3 Å². The maximum Gasteiger partial charge on any atom is 0.228 e. The van der Waals surface area contributed by atoms with E-state index in [1.54, 1.807) is 17.5 Å². The molecule has 0 saturated heterocycles. The molecular weight excluding hydrogens is 382 g/mol. The molecule has 2 N–H and O–H groups in total. The molecular formula is C22H23N5OS. The number of rotatable bonds is 4. The number of hydrogen-bond acceptors (Lipinski definition) is 7. The first kappa shape index (κ1) is 18.1. The lowest BCUT2D eigenvalue weighted by molar-refractivity contribution is 0.463. The summed E-state index contributed by atoms with van der Waals surface area (Å²) in [4.78, 5) is 13.6. The third-order valence-corrected chi connectivity index (χ3v) is 5.97. The fourth-order valence-corrected chi connectivity index (χ4v) is 4.43. The number of pyridine rings is 1. The molecule has 148 valence electrons. The molecule has 5 rings (SSSR count). The molecule has 0 bridgehead atoms. The molecule has 0 fully saturated rings. The van der Waals surface area contributed by atoms with Crippen molar-refractivity contribution in [1.29, 1.82) is 0 Å². The molecule has 1 aromatic carbocycles. The SMILES string of the molecule is c1cnc(Oc2ccc3c(c2)CCCC3)c(-c2csc(NC3=NCCCN3)n2)c1. The third kappa shape index (κ3) is 4.10. The Kier molecular flexibility index (Phi) is 5.13. The van der Waals surface area contributed by atoms with Gasteiger partial charge in [0.25, 0.3) is 0 Å². The minimum Gasteiger partial charge on any atom is -0.438 e. The number of benzene rings is 1. The van der Waals surface area contributed by atoms with Gasteiger partial charge in [-0.05, 0) is 67.5 Å². The Bertz CT molecular complexity index is 1050. The smallest absolute Gasteiger partial charge is 0.228 e. The summed E-state index contributed by atoms with van der Waals surface area (Å²) in [6.45, 7) is 1.78. The maximum atomic E-state index is 6.19. The van der Waals surface area contributed by atoms with E-state index in [-0.39, 0.29) is 0 Å². The first-order chi connectivity index (χ1) is 14.3. The standard InChI is InChI=1S/C22H23N5OS/c1-2-6-16-13-17(9-8-15(16)5-1)28-20-18(7-3-10-23-20)19-14-29-22(26-19)27-21-24-11-4-12-25-21/h3,7-10,13-14H,1-2,4-6,11-12H2,(H2,24,25,26,27). The molecule has 3 heterocycles. The van der Waals surface area contributed by atoms with Gasteiger partial charge >= 0.3 is 0 Å². The van der Waals surface area contributed by atoms with Gasteiger partial charge in [0, 0.05) is 24.7 Å². The van der Waals surface area contributed by atoms with Gasteiger partial charge in [0.2, 0.25) is 5.88 Å². The lowest BCUT2D eigenvalue weighted by Crippen LogP contribution is -2.35. The number of aryl methyl sites for hydroxylation is 2. The fourth-order valence-electron chi connectivity index (χ4n) is 3.72. The number of nitrogens with zero attached hydrogens (tertiary/aromatic N) is 3. The highest BCUT2D eigenvalue weighted by atomic mass is 32.1. The number of hydrogen-bond donors (Lipinski definition) is 2. The quantitative estimate of drug-likeness (QED) is 0.662. The van der Waals surface area contributed by atoms with Crippen LogP contribution in [0, 0.1) is 0 Å². The molecule has 2 aliphatic rings. The zero-order chi connectivity index (χ0) is 19.5. The topological polar surface area (TPSA) is 71.4 Å². The summed E-state index contributed by atoms with van der Waals surface area (Å²) in [7, 11) is 0. The van der Waals surface area contributed by atoms with Crippen LogP contribution in [0.3, 0.4) is 0 Å². The van der Waals surface area contributed by atoms with Crippen LogP contribution < -0.4 is 15.4 Å². The van der Waals surface area contributed by atoms with Gasteiger partial charge in [0.1, 0.15) is 5.75 Å². The average molecular weight is 406 g/mol.